The molecule has 0 spiro atoms. The second kappa shape index (κ2) is 9.87. The highest BCUT2D eigenvalue weighted by atomic mass is 32.1. The third-order valence-electron chi connectivity index (χ3n) is 3.78. The lowest BCUT2D eigenvalue weighted by Crippen LogP contribution is -2.28. The predicted octanol–water partition coefficient (Wildman–Crippen LogP) is 3.48. The van der Waals surface area contributed by atoms with Gasteiger partial charge in [-0.25, -0.2) is 0 Å². The lowest BCUT2D eigenvalue weighted by Gasteiger charge is -2.09. The fourth-order valence-corrected chi connectivity index (χ4v) is 3.50. The van der Waals surface area contributed by atoms with Gasteiger partial charge in [-0.3, -0.25) is 14.4 Å². The molecule has 6 nitrogen and oxygen atoms in total. The van der Waals surface area contributed by atoms with E-state index in [0.717, 1.165) is 9.75 Å². The minimum Gasteiger partial charge on any atom is -0.484 e. The zero-order chi connectivity index (χ0) is 19.8. The molecule has 0 unspecified atom stereocenters. The lowest BCUT2D eigenvalue weighted by molar-refractivity contribution is -0.123. The van der Waals surface area contributed by atoms with Gasteiger partial charge in [-0.05, 0) is 39.0 Å². The lowest BCUT2D eigenvalue weighted by atomic mass is 10.1. The number of carbonyl (C=O) groups excluding carboxylic acids is 3. The van der Waals surface area contributed by atoms with Crippen LogP contribution in [0.2, 0.25) is 0 Å². The molecule has 1 heterocycles. The van der Waals surface area contributed by atoms with Gasteiger partial charge in [0.2, 0.25) is 5.91 Å². The minimum atomic E-state index is -0.242. The van der Waals surface area contributed by atoms with Crippen molar-refractivity contribution >= 4 is 34.6 Å². The van der Waals surface area contributed by atoms with E-state index in [0.29, 0.717) is 23.5 Å². The highest BCUT2D eigenvalue weighted by Gasteiger charge is 2.14. The first-order chi connectivity index (χ1) is 12.9. The van der Waals surface area contributed by atoms with Gasteiger partial charge in [0.1, 0.15) is 5.75 Å². The van der Waals surface area contributed by atoms with Crippen LogP contribution in [-0.4, -0.2) is 30.7 Å². The van der Waals surface area contributed by atoms with Crippen LogP contribution in [0.4, 0.5) is 5.69 Å². The summed E-state index contributed by atoms with van der Waals surface area (Å²) in [6, 6.07) is 8.68. The molecule has 0 saturated carbocycles. The molecular weight excluding hydrogens is 364 g/mol. The fourth-order valence-electron chi connectivity index (χ4n) is 2.55. The second-order valence-corrected chi connectivity index (χ2v) is 7.53. The molecule has 27 heavy (non-hydrogen) atoms. The summed E-state index contributed by atoms with van der Waals surface area (Å²) >= 11 is 1.58. The number of Topliss-reactive ketones (excluding diaryl/α,β-unsaturated/α-hetero) is 1. The van der Waals surface area contributed by atoms with Crippen molar-refractivity contribution in [3.63, 3.8) is 0 Å². The average molecular weight is 388 g/mol. The molecule has 0 aliphatic carbocycles. The van der Waals surface area contributed by atoms with E-state index in [9.17, 15) is 14.4 Å². The fraction of sp³-hybridized carbons (Fsp3) is 0.350. The molecule has 144 valence electrons. The average Bonchev–Trinajstić information content (AvgIpc) is 2.97. The van der Waals surface area contributed by atoms with Crippen LogP contribution in [0.1, 0.15) is 39.9 Å². The highest BCUT2D eigenvalue weighted by Crippen LogP contribution is 2.22. The molecule has 0 aliphatic heterocycles. The standard InChI is InChI=1S/C20H24N2O4S/c1-4-21-20(25)12-26-16-7-5-6-15(11-16)22-19(24)9-8-18(23)17-10-13(2)27-14(17)3/h5-7,10-11H,4,8-9,12H2,1-3H3,(H,21,25)(H,22,24). The molecule has 7 heteroatoms. The van der Waals surface area contributed by atoms with Gasteiger partial charge in [-0.15, -0.1) is 11.3 Å². The Hall–Kier alpha value is -2.67. The summed E-state index contributed by atoms with van der Waals surface area (Å²) in [6.07, 6.45) is 0.271. The van der Waals surface area contributed by atoms with E-state index in [1.54, 1.807) is 35.6 Å². The van der Waals surface area contributed by atoms with Crippen LogP contribution in [0.25, 0.3) is 0 Å². The number of likely N-dealkylation sites (N-methyl/N-ethyl adjacent to an activating group) is 1. The number of ether oxygens (including phenoxy) is 1. The van der Waals surface area contributed by atoms with Crippen molar-refractivity contribution in [1.29, 1.82) is 0 Å². The Balaban J connectivity index is 1.84. The largest absolute Gasteiger partial charge is 0.484 e. The van der Waals surface area contributed by atoms with Crippen molar-refractivity contribution in [2.45, 2.75) is 33.6 Å². The van der Waals surface area contributed by atoms with Crippen molar-refractivity contribution in [1.82, 2.24) is 5.32 Å². The number of ketones is 1. The number of carbonyl (C=O) groups is 3. The maximum atomic E-state index is 12.3. The van der Waals surface area contributed by atoms with Crippen molar-refractivity contribution in [2.75, 3.05) is 18.5 Å². The van der Waals surface area contributed by atoms with Gasteiger partial charge >= 0.3 is 0 Å². The summed E-state index contributed by atoms with van der Waals surface area (Å²) in [4.78, 5) is 37.9. The summed E-state index contributed by atoms with van der Waals surface area (Å²) in [5.74, 6) is 0.0174. The van der Waals surface area contributed by atoms with E-state index in [4.69, 9.17) is 4.74 Å². The normalized spacial score (nSPS) is 10.3. The Labute approximate surface area is 162 Å². The van der Waals surface area contributed by atoms with Gasteiger partial charge in [0.05, 0.1) is 0 Å². The molecule has 0 fully saturated rings. The molecule has 0 aliphatic rings. The molecule has 2 amide bonds. The van der Waals surface area contributed by atoms with Gasteiger partial charge in [0, 0.05) is 46.5 Å². The highest BCUT2D eigenvalue weighted by molar-refractivity contribution is 7.12. The molecule has 1 aromatic heterocycles. The first kappa shape index (κ1) is 20.6. The molecule has 0 radical (unpaired) electrons. The molecule has 2 aromatic rings. The van der Waals surface area contributed by atoms with Crippen molar-refractivity contribution in [3.05, 3.63) is 45.6 Å². The maximum absolute atomic E-state index is 12.3. The van der Waals surface area contributed by atoms with Gasteiger partial charge in [-0.2, -0.15) is 0 Å². The minimum absolute atomic E-state index is 0.0222. The van der Waals surface area contributed by atoms with E-state index in [1.807, 2.05) is 26.8 Å². The first-order valence-corrected chi connectivity index (χ1v) is 9.60. The number of nitrogens with one attached hydrogen (secondary N) is 2. The van der Waals surface area contributed by atoms with Crippen molar-refractivity contribution in [2.24, 2.45) is 0 Å². The predicted molar refractivity (Wildman–Crippen MR) is 107 cm³/mol. The van der Waals surface area contributed by atoms with Gasteiger partial charge in [0.25, 0.3) is 5.91 Å². The number of thiophene rings is 1. The molecule has 2 N–H and O–H groups in total. The first-order valence-electron chi connectivity index (χ1n) is 8.78. The Morgan fingerprint density at radius 1 is 1.07 bits per heavy atom. The van der Waals surface area contributed by atoms with Gasteiger partial charge in [0.15, 0.2) is 12.4 Å². The van der Waals surface area contributed by atoms with Crippen LogP contribution < -0.4 is 15.4 Å². The van der Waals surface area contributed by atoms with Crippen LogP contribution in [-0.2, 0) is 9.59 Å². The van der Waals surface area contributed by atoms with Crippen molar-refractivity contribution < 1.29 is 19.1 Å². The Morgan fingerprint density at radius 3 is 2.52 bits per heavy atom. The van der Waals surface area contributed by atoms with E-state index < -0.39 is 0 Å². The van der Waals surface area contributed by atoms with Crippen LogP contribution >= 0.6 is 11.3 Å². The monoisotopic (exact) mass is 388 g/mol. The quantitative estimate of drug-likeness (QED) is 0.644. The van der Waals surface area contributed by atoms with E-state index >= 15 is 0 Å². The number of aryl methyl sites for hydroxylation is 2. The zero-order valence-electron chi connectivity index (χ0n) is 15.8. The number of amides is 2. The van der Waals surface area contributed by atoms with E-state index in [-0.39, 0.29) is 37.0 Å². The number of hydrogen-bond donors (Lipinski definition) is 2. The van der Waals surface area contributed by atoms with Crippen molar-refractivity contribution in [3.8, 4) is 5.75 Å². The van der Waals surface area contributed by atoms with Crippen LogP contribution in [0, 0.1) is 13.8 Å². The Morgan fingerprint density at radius 2 is 1.85 bits per heavy atom. The summed E-state index contributed by atoms with van der Waals surface area (Å²) in [5.41, 5.74) is 1.26. The second-order valence-electron chi connectivity index (χ2n) is 6.07. The van der Waals surface area contributed by atoms with Crippen LogP contribution in [0.15, 0.2) is 30.3 Å². The molecule has 0 saturated heterocycles. The third-order valence-corrected chi connectivity index (χ3v) is 4.75. The summed E-state index contributed by atoms with van der Waals surface area (Å²) in [6.45, 7) is 6.17. The summed E-state index contributed by atoms with van der Waals surface area (Å²) in [7, 11) is 0. The Kier molecular flexibility index (Phi) is 7.55. The smallest absolute Gasteiger partial charge is 0.257 e. The zero-order valence-corrected chi connectivity index (χ0v) is 16.6. The molecule has 0 atom stereocenters. The van der Waals surface area contributed by atoms with Crippen LogP contribution in [0.3, 0.4) is 0 Å². The topological polar surface area (TPSA) is 84.5 Å². The van der Waals surface area contributed by atoms with E-state index in [1.165, 1.54) is 0 Å². The number of benzene rings is 1. The van der Waals surface area contributed by atoms with Gasteiger partial charge in [-0.1, -0.05) is 6.07 Å². The van der Waals surface area contributed by atoms with E-state index in [2.05, 4.69) is 10.6 Å². The molecule has 1 aromatic carbocycles. The summed E-state index contributed by atoms with van der Waals surface area (Å²) in [5, 5.41) is 5.40. The number of rotatable bonds is 9. The number of hydrogen-bond acceptors (Lipinski definition) is 5. The molecular formula is C20H24N2O4S. The summed E-state index contributed by atoms with van der Waals surface area (Å²) < 4.78 is 5.40. The van der Waals surface area contributed by atoms with Gasteiger partial charge < -0.3 is 15.4 Å². The SMILES string of the molecule is CCNC(=O)COc1cccc(NC(=O)CCC(=O)c2cc(C)sc2C)c1. The molecule has 0 bridgehead atoms. The molecule has 2 rings (SSSR count). The maximum Gasteiger partial charge on any atom is 0.257 e. The third kappa shape index (κ3) is 6.53. The van der Waals surface area contributed by atoms with Crippen LogP contribution in [0.5, 0.6) is 5.75 Å². The Bertz CT molecular complexity index is 829. The number of anilines is 1.